The van der Waals surface area contributed by atoms with Crippen molar-refractivity contribution >= 4 is 12.2 Å². The lowest BCUT2D eigenvalue weighted by Crippen LogP contribution is -2.07. The Balaban J connectivity index is 1.73. The molecule has 0 saturated carbocycles. The van der Waals surface area contributed by atoms with Crippen molar-refractivity contribution in [3.05, 3.63) is 64.3 Å². The highest BCUT2D eigenvalue weighted by Gasteiger charge is 2.20. The van der Waals surface area contributed by atoms with Gasteiger partial charge in [0.05, 0.1) is 12.2 Å². The van der Waals surface area contributed by atoms with E-state index in [4.69, 9.17) is 21.7 Å². The third-order valence-corrected chi connectivity index (χ3v) is 4.31. The van der Waals surface area contributed by atoms with Gasteiger partial charge in [0.1, 0.15) is 22.0 Å². The molecule has 0 amide bonds. The molecule has 5 heteroatoms. The van der Waals surface area contributed by atoms with Crippen molar-refractivity contribution in [3.63, 3.8) is 0 Å². The number of H-pyrrole nitrogens is 1. The summed E-state index contributed by atoms with van der Waals surface area (Å²) in [5.41, 5.74) is 2.99. The third kappa shape index (κ3) is 2.67. The predicted octanol–water partition coefficient (Wildman–Crippen LogP) is 4.90. The van der Waals surface area contributed by atoms with E-state index < -0.39 is 0 Å². The Morgan fingerprint density at radius 1 is 1.17 bits per heavy atom. The third-order valence-electron chi connectivity index (χ3n) is 3.97. The first-order chi connectivity index (χ1) is 11.7. The molecular weight excluding hydrogens is 320 g/mol. The maximum atomic E-state index is 6.00. The van der Waals surface area contributed by atoms with Gasteiger partial charge in [0, 0.05) is 12.0 Å². The molecule has 1 aromatic heterocycles. The average Bonchev–Trinajstić information content (AvgIpc) is 2.61. The Morgan fingerprint density at radius 2 is 1.96 bits per heavy atom. The summed E-state index contributed by atoms with van der Waals surface area (Å²) >= 11 is 5.49. The lowest BCUT2D eigenvalue weighted by molar-refractivity contribution is 0.340. The highest BCUT2D eigenvalue weighted by molar-refractivity contribution is 7.71. The fraction of sp³-hybridized carbons (Fsp3) is 0.158. The molecule has 0 aliphatic carbocycles. The zero-order valence-electron chi connectivity index (χ0n) is 13.2. The van der Waals surface area contributed by atoms with Crippen molar-refractivity contribution in [2.24, 2.45) is 0 Å². The van der Waals surface area contributed by atoms with Gasteiger partial charge >= 0.3 is 0 Å². The summed E-state index contributed by atoms with van der Waals surface area (Å²) in [6, 6.07) is 15.7. The molecule has 2 heterocycles. The van der Waals surface area contributed by atoms with Crippen molar-refractivity contribution in [1.82, 2.24) is 9.97 Å². The van der Waals surface area contributed by atoms with Crippen molar-refractivity contribution in [1.29, 1.82) is 0 Å². The number of ether oxygens (including phenoxy) is 2. The number of rotatable bonds is 3. The molecule has 1 aliphatic rings. The lowest BCUT2D eigenvalue weighted by atomic mass is 10.0. The second kappa shape index (κ2) is 6.09. The molecule has 0 saturated heterocycles. The second-order valence-corrected chi connectivity index (χ2v) is 5.93. The quantitative estimate of drug-likeness (QED) is 0.541. The number of para-hydroxylation sites is 1. The number of aromatic nitrogens is 2. The van der Waals surface area contributed by atoms with Crippen LogP contribution in [0.1, 0.15) is 18.1 Å². The molecule has 4 rings (SSSR count). The zero-order chi connectivity index (χ0) is 16.5. The Hall–Kier alpha value is -2.66. The van der Waals surface area contributed by atoms with Crippen LogP contribution in [0.3, 0.4) is 0 Å². The fourth-order valence-electron chi connectivity index (χ4n) is 2.78. The summed E-state index contributed by atoms with van der Waals surface area (Å²) in [5, 5.41) is 0. The Kier molecular flexibility index (Phi) is 3.78. The first kappa shape index (κ1) is 14.9. The summed E-state index contributed by atoms with van der Waals surface area (Å²) in [5.74, 6) is 3.07. The van der Waals surface area contributed by atoms with Crippen LogP contribution in [0, 0.1) is 4.64 Å². The summed E-state index contributed by atoms with van der Waals surface area (Å²) in [7, 11) is 0. The van der Waals surface area contributed by atoms with Gasteiger partial charge < -0.3 is 14.5 Å². The van der Waals surface area contributed by atoms with Gasteiger partial charge in [-0.25, -0.2) is 4.98 Å². The van der Waals surface area contributed by atoms with Gasteiger partial charge in [0.25, 0.3) is 0 Å². The van der Waals surface area contributed by atoms with Gasteiger partial charge in [-0.15, -0.1) is 0 Å². The number of hydrogen-bond acceptors (Lipinski definition) is 4. The fourth-order valence-corrected chi connectivity index (χ4v) is 3.04. The topological polar surface area (TPSA) is 47.1 Å². The van der Waals surface area contributed by atoms with Crippen LogP contribution in [0.25, 0.3) is 11.4 Å². The maximum absolute atomic E-state index is 6.00. The van der Waals surface area contributed by atoms with Crippen LogP contribution in [0.15, 0.2) is 48.5 Å². The van der Waals surface area contributed by atoms with Gasteiger partial charge in [-0.2, -0.15) is 0 Å². The van der Waals surface area contributed by atoms with Crippen molar-refractivity contribution in [2.45, 2.75) is 13.3 Å². The zero-order valence-corrected chi connectivity index (χ0v) is 14.0. The summed E-state index contributed by atoms with van der Waals surface area (Å²) < 4.78 is 12.0. The van der Waals surface area contributed by atoms with E-state index in [1.165, 1.54) is 0 Å². The van der Waals surface area contributed by atoms with Gasteiger partial charge in [-0.1, -0.05) is 30.4 Å². The number of hydrogen-bond donors (Lipinski definition) is 1. The minimum absolute atomic E-state index is 0.571. The average molecular weight is 336 g/mol. The van der Waals surface area contributed by atoms with Crippen LogP contribution in [0.2, 0.25) is 0 Å². The van der Waals surface area contributed by atoms with Gasteiger partial charge in [0.15, 0.2) is 0 Å². The molecule has 0 unspecified atom stereocenters. The molecule has 24 heavy (non-hydrogen) atoms. The number of nitrogens with zero attached hydrogens (tertiary/aromatic N) is 1. The molecular formula is C19H16N2O2S. The van der Waals surface area contributed by atoms with Crippen molar-refractivity contribution < 1.29 is 9.47 Å². The normalized spacial score (nSPS) is 12.0. The van der Waals surface area contributed by atoms with Gasteiger partial charge in [-0.05, 0) is 42.8 Å². The molecule has 1 N–H and O–H groups in total. The first-order valence-electron chi connectivity index (χ1n) is 7.87. The number of benzene rings is 2. The monoisotopic (exact) mass is 336 g/mol. The molecule has 0 bridgehead atoms. The molecule has 120 valence electrons. The van der Waals surface area contributed by atoms with Crippen LogP contribution in [0.5, 0.6) is 17.4 Å². The van der Waals surface area contributed by atoms with E-state index >= 15 is 0 Å². The van der Waals surface area contributed by atoms with Crippen molar-refractivity contribution in [3.8, 4) is 28.8 Å². The van der Waals surface area contributed by atoms with Crippen LogP contribution in [-0.4, -0.2) is 16.6 Å². The van der Waals surface area contributed by atoms with E-state index in [1.54, 1.807) is 0 Å². The first-order valence-corrected chi connectivity index (χ1v) is 8.27. The standard InChI is InChI=1S/C19H16N2O2S/c1-2-22-14-9-7-12(8-10-14)17-20-18-15(19(24)21-17)11-13-5-3-4-6-16(13)23-18/h3-10H,2,11H2,1H3,(H,20,21,24). The van der Waals surface area contributed by atoms with E-state index in [-0.39, 0.29) is 0 Å². The van der Waals surface area contributed by atoms with Crippen LogP contribution >= 0.6 is 12.2 Å². The molecule has 4 nitrogen and oxygen atoms in total. The predicted molar refractivity (Wildman–Crippen MR) is 95.3 cm³/mol. The van der Waals surface area contributed by atoms with Crippen LogP contribution < -0.4 is 9.47 Å². The molecule has 0 spiro atoms. The molecule has 2 aromatic carbocycles. The lowest BCUT2D eigenvalue weighted by Gasteiger charge is -2.20. The summed E-state index contributed by atoms with van der Waals surface area (Å²) in [6.45, 7) is 2.61. The van der Waals surface area contributed by atoms with E-state index in [9.17, 15) is 0 Å². The molecule has 0 fully saturated rings. The van der Waals surface area contributed by atoms with Gasteiger partial charge in [-0.3, -0.25) is 0 Å². The summed E-state index contributed by atoms with van der Waals surface area (Å²) in [4.78, 5) is 7.82. The summed E-state index contributed by atoms with van der Waals surface area (Å²) in [6.07, 6.45) is 0.734. The Bertz CT molecular complexity index is 948. The number of aromatic amines is 1. The maximum Gasteiger partial charge on any atom is 0.205 e. The smallest absolute Gasteiger partial charge is 0.205 e. The highest BCUT2D eigenvalue weighted by Crippen LogP contribution is 2.36. The Morgan fingerprint density at radius 3 is 2.75 bits per heavy atom. The van der Waals surface area contributed by atoms with Crippen molar-refractivity contribution in [2.75, 3.05) is 6.61 Å². The van der Waals surface area contributed by atoms with Gasteiger partial charge in [0.2, 0.25) is 5.88 Å². The van der Waals surface area contributed by atoms with Crippen LogP contribution in [-0.2, 0) is 6.42 Å². The molecule has 3 aromatic rings. The SMILES string of the molecule is CCOc1ccc(-c2nc(=S)c3c([nH]2)Oc2ccccc2C3)cc1. The molecule has 0 atom stereocenters. The van der Waals surface area contributed by atoms with E-state index in [0.717, 1.165) is 34.6 Å². The van der Waals surface area contributed by atoms with E-state index in [0.29, 0.717) is 23.0 Å². The van der Waals surface area contributed by atoms with E-state index in [1.807, 2.05) is 55.5 Å². The minimum atomic E-state index is 0.571. The minimum Gasteiger partial charge on any atom is -0.494 e. The molecule has 1 aliphatic heterocycles. The number of nitrogens with one attached hydrogen (secondary N) is 1. The largest absolute Gasteiger partial charge is 0.494 e. The second-order valence-electron chi connectivity index (χ2n) is 5.54. The highest BCUT2D eigenvalue weighted by atomic mass is 32.1. The molecule has 0 radical (unpaired) electrons. The van der Waals surface area contributed by atoms with Crippen LogP contribution in [0.4, 0.5) is 0 Å². The Labute approximate surface area is 145 Å². The van der Waals surface area contributed by atoms with E-state index in [2.05, 4.69) is 9.97 Å². The number of fused-ring (bicyclic) bond motifs is 2.